The monoisotopic (exact) mass is 301 g/mol. The summed E-state index contributed by atoms with van der Waals surface area (Å²) in [5, 5.41) is 6.12. The van der Waals surface area contributed by atoms with Crippen molar-refractivity contribution in [3.05, 3.63) is 50.1 Å². The summed E-state index contributed by atoms with van der Waals surface area (Å²) < 4.78 is 0.922. The second kappa shape index (κ2) is 5.01. The molecule has 1 N–H and O–H groups in total. The normalized spacial score (nSPS) is 10.3. The predicted molar refractivity (Wildman–Crippen MR) is 70.8 cm³/mol. The molecule has 0 aliphatic heterocycles. The topological polar surface area (TPSA) is 12.0 Å². The molecule has 15 heavy (non-hydrogen) atoms. The molecule has 0 fully saturated rings. The molecule has 0 atom stereocenters. The van der Waals surface area contributed by atoms with Crippen LogP contribution in [0.1, 0.15) is 4.88 Å². The van der Waals surface area contributed by atoms with E-state index in [1.165, 1.54) is 4.88 Å². The van der Waals surface area contributed by atoms with Gasteiger partial charge in [-0.15, -0.1) is 11.3 Å². The van der Waals surface area contributed by atoms with Crippen molar-refractivity contribution in [1.82, 2.24) is 0 Å². The summed E-state index contributed by atoms with van der Waals surface area (Å²) in [6, 6.07) is 10.0. The van der Waals surface area contributed by atoms with Crippen LogP contribution >= 0.6 is 38.9 Å². The fourth-order valence-electron chi connectivity index (χ4n) is 1.21. The van der Waals surface area contributed by atoms with Crippen LogP contribution in [0.15, 0.2) is 40.2 Å². The Balaban J connectivity index is 2.02. The van der Waals surface area contributed by atoms with Crippen LogP contribution in [0.5, 0.6) is 0 Å². The van der Waals surface area contributed by atoms with Crippen molar-refractivity contribution >= 4 is 44.6 Å². The molecule has 1 heterocycles. The summed E-state index contributed by atoms with van der Waals surface area (Å²) in [6.45, 7) is 0.843. The Morgan fingerprint density at radius 2 is 2.20 bits per heavy atom. The van der Waals surface area contributed by atoms with Gasteiger partial charge in [0.2, 0.25) is 0 Å². The second-order valence-electron chi connectivity index (χ2n) is 3.06. The van der Waals surface area contributed by atoms with Gasteiger partial charge in [0.1, 0.15) is 0 Å². The van der Waals surface area contributed by atoms with Gasteiger partial charge in [0, 0.05) is 21.6 Å². The Bertz CT molecular complexity index is 442. The molecule has 0 aliphatic carbocycles. The van der Waals surface area contributed by atoms with Crippen LogP contribution < -0.4 is 5.32 Å². The van der Waals surface area contributed by atoms with Crippen LogP contribution in [-0.4, -0.2) is 0 Å². The fraction of sp³-hybridized carbons (Fsp3) is 0.0909. The molecular formula is C11H9BrClNS. The Kier molecular flexibility index (Phi) is 3.67. The quantitative estimate of drug-likeness (QED) is 0.860. The highest BCUT2D eigenvalue weighted by Gasteiger charge is 1.99. The summed E-state index contributed by atoms with van der Waals surface area (Å²) in [6.07, 6.45) is 0. The summed E-state index contributed by atoms with van der Waals surface area (Å²) in [5.41, 5.74) is 1.04. The van der Waals surface area contributed by atoms with Gasteiger partial charge in [0.15, 0.2) is 0 Å². The number of hydrogen-bond donors (Lipinski definition) is 1. The third-order valence-electron chi connectivity index (χ3n) is 1.97. The van der Waals surface area contributed by atoms with Gasteiger partial charge in [-0.2, -0.15) is 0 Å². The summed E-state index contributed by atoms with van der Waals surface area (Å²) in [5.74, 6) is 0. The predicted octanol–water partition coefficient (Wildman–Crippen LogP) is 4.78. The first-order valence-electron chi connectivity index (χ1n) is 4.47. The van der Waals surface area contributed by atoms with E-state index in [2.05, 4.69) is 38.8 Å². The molecule has 1 aromatic heterocycles. The maximum absolute atomic E-state index is 5.99. The molecule has 0 bridgehead atoms. The van der Waals surface area contributed by atoms with Crippen LogP contribution in [0.25, 0.3) is 0 Å². The largest absolute Gasteiger partial charge is 0.380 e. The number of hydrogen-bond acceptors (Lipinski definition) is 2. The molecule has 0 radical (unpaired) electrons. The van der Waals surface area contributed by atoms with E-state index in [4.69, 9.17) is 11.6 Å². The minimum absolute atomic E-state index is 0.728. The van der Waals surface area contributed by atoms with Gasteiger partial charge >= 0.3 is 0 Å². The van der Waals surface area contributed by atoms with Gasteiger partial charge in [-0.3, -0.25) is 0 Å². The van der Waals surface area contributed by atoms with Crippen LogP contribution in [0.3, 0.4) is 0 Å². The maximum atomic E-state index is 5.99. The van der Waals surface area contributed by atoms with E-state index >= 15 is 0 Å². The Morgan fingerprint density at radius 3 is 2.87 bits per heavy atom. The van der Waals surface area contributed by atoms with Crippen molar-refractivity contribution in [3.63, 3.8) is 0 Å². The van der Waals surface area contributed by atoms with Crippen LogP contribution in [-0.2, 0) is 6.54 Å². The molecule has 1 nitrogen and oxygen atoms in total. The number of halogens is 2. The van der Waals surface area contributed by atoms with Gasteiger partial charge < -0.3 is 5.32 Å². The highest BCUT2D eigenvalue weighted by Crippen LogP contribution is 2.25. The average molecular weight is 303 g/mol. The Hall–Kier alpha value is -0.510. The number of benzene rings is 1. The summed E-state index contributed by atoms with van der Waals surface area (Å²) >= 11 is 11.1. The third kappa shape index (κ3) is 2.97. The van der Waals surface area contributed by atoms with E-state index in [1.54, 1.807) is 11.3 Å². The SMILES string of the molecule is Clc1cc(NCc2cccs2)ccc1Br. The van der Waals surface area contributed by atoms with Crippen molar-refractivity contribution in [2.45, 2.75) is 6.54 Å². The first kappa shape index (κ1) is 11.0. The lowest BCUT2D eigenvalue weighted by atomic mass is 10.3. The number of thiophene rings is 1. The zero-order valence-electron chi connectivity index (χ0n) is 7.84. The van der Waals surface area contributed by atoms with Crippen molar-refractivity contribution in [2.24, 2.45) is 0 Å². The zero-order chi connectivity index (χ0) is 10.7. The van der Waals surface area contributed by atoms with E-state index in [9.17, 15) is 0 Å². The van der Waals surface area contributed by atoms with Crippen LogP contribution in [0.2, 0.25) is 5.02 Å². The van der Waals surface area contributed by atoms with E-state index in [-0.39, 0.29) is 0 Å². The van der Waals surface area contributed by atoms with Gasteiger partial charge in [-0.1, -0.05) is 17.7 Å². The summed E-state index contributed by atoms with van der Waals surface area (Å²) in [7, 11) is 0. The van der Waals surface area contributed by atoms with Gasteiger partial charge in [0.05, 0.1) is 5.02 Å². The highest BCUT2D eigenvalue weighted by atomic mass is 79.9. The molecule has 0 unspecified atom stereocenters. The molecule has 0 spiro atoms. The standard InChI is InChI=1S/C11H9BrClNS/c12-10-4-3-8(6-11(10)13)14-7-9-2-1-5-15-9/h1-6,14H,7H2. The minimum Gasteiger partial charge on any atom is -0.380 e. The van der Waals surface area contributed by atoms with Crippen molar-refractivity contribution in [3.8, 4) is 0 Å². The smallest absolute Gasteiger partial charge is 0.0568 e. The molecule has 1 aromatic carbocycles. The van der Waals surface area contributed by atoms with E-state index in [0.717, 1.165) is 21.7 Å². The van der Waals surface area contributed by atoms with Crippen molar-refractivity contribution in [2.75, 3.05) is 5.32 Å². The lowest BCUT2D eigenvalue weighted by Crippen LogP contribution is -1.96. The first-order valence-corrected chi connectivity index (χ1v) is 6.52. The molecule has 0 saturated heterocycles. The van der Waals surface area contributed by atoms with Gasteiger partial charge in [-0.25, -0.2) is 0 Å². The molecule has 2 rings (SSSR count). The summed E-state index contributed by atoms with van der Waals surface area (Å²) in [4.78, 5) is 1.31. The number of nitrogens with one attached hydrogen (secondary N) is 1. The minimum atomic E-state index is 0.728. The van der Waals surface area contributed by atoms with Crippen LogP contribution in [0, 0.1) is 0 Å². The molecule has 2 aromatic rings. The average Bonchev–Trinajstić information content (AvgIpc) is 2.73. The molecule has 0 aliphatic rings. The lowest BCUT2D eigenvalue weighted by Gasteiger charge is -2.05. The second-order valence-corrected chi connectivity index (χ2v) is 5.36. The highest BCUT2D eigenvalue weighted by molar-refractivity contribution is 9.10. The number of rotatable bonds is 3. The van der Waals surface area contributed by atoms with Crippen molar-refractivity contribution < 1.29 is 0 Å². The van der Waals surface area contributed by atoms with E-state index in [1.807, 2.05) is 18.2 Å². The molecule has 0 amide bonds. The zero-order valence-corrected chi connectivity index (χ0v) is 11.0. The molecule has 4 heteroatoms. The number of anilines is 1. The van der Waals surface area contributed by atoms with Gasteiger partial charge in [0.25, 0.3) is 0 Å². The van der Waals surface area contributed by atoms with E-state index < -0.39 is 0 Å². The van der Waals surface area contributed by atoms with Gasteiger partial charge in [-0.05, 0) is 45.6 Å². The fourth-order valence-corrected chi connectivity index (χ4v) is 2.28. The molecule has 78 valence electrons. The molecular weight excluding hydrogens is 294 g/mol. The van der Waals surface area contributed by atoms with E-state index in [0.29, 0.717) is 0 Å². The van der Waals surface area contributed by atoms with Crippen molar-refractivity contribution in [1.29, 1.82) is 0 Å². The third-order valence-corrected chi connectivity index (χ3v) is 4.08. The lowest BCUT2D eigenvalue weighted by molar-refractivity contribution is 1.19. The van der Waals surface area contributed by atoms with Crippen LogP contribution in [0.4, 0.5) is 5.69 Å². The maximum Gasteiger partial charge on any atom is 0.0568 e. The molecule has 0 saturated carbocycles. The first-order chi connectivity index (χ1) is 7.25. The Morgan fingerprint density at radius 1 is 1.33 bits per heavy atom. The Labute approximate surface area is 106 Å².